The maximum absolute atomic E-state index is 12.7. The number of alkyl halides is 3. The molecule has 2 amide bonds. The molecule has 1 N–H and O–H groups in total. The lowest BCUT2D eigenvalue weighted by atomic mass is 9.68. The van der Waals surface area contributed by atoms with Gasteiger partial charge in [-0.1, -0.05) is 24.3 Å². The fraction of sp³-hybridized carbons (Fsp3) is 0.600. The quantitative estimate of drug-likeness (QED) is 0.852. The number of benzene rings is 1. The molecule has 1 aromatic carbocycles. The van der Waals surface area contributed by atoms with E-state index in [0.717, 1.165) is 18.4 Å². The van der Waals surface area contributed by atoms with Gasteiger partial charge in [0.1, 0.15) is 6.61 Å². The Bertz CT molecular complexity index is 749. The van der Waals surface area contributed by atoms with Crippen molar-refractivity contribution in [2.75, 3.05) is 19.7 Å². The summed E-state index contributed by atoms with van der Waals surface area (Å²) in [6.07, 6.45) is -2.65. The number of likely N-dealkylation sites (tertiary alicyclic amines) is 1. The highest BCUT2D eigenvalue weighted by molar-refractivity contribution is 5.81. The molecule has 1 aromatic rings. The fourth-order valence-electron chi connectivity index (χ4n) is 4.60. The van der Waals surface area contributed by atoms with Crippen molar-refractivity contribution in [1.82, 2.24) is 10.2 Å². The monoisotopic (exact) mass is 396 g/mol. The second kappa shape index (κ2) is 6.97. The van der Waals surface area contributed by atoms with Crippen LogP contribution in [0.4, 0.5) is 18.0 Å². The van der Waals surface area contributed by atoms with Gasteiger partial charge in [-0.25, -0.2) is 4.79 Å². The van der Waals surface area contributed by atoms with Crippen molar-refractivity contribution < 1.29 is 27.5 Å². The van der Waals surface area contributed by atoms with Crippen LogP contribution in [-0.4, -0.2) is 48.3 Å². The summed E-state index contributed by atoms with van der Waals surface area (Å²) in [5, 5.41) is 2.80. The first-order valence-electron chi connectivity index (χ1n) is 9.62. The number of nitrogens with zero attached hydrogens (tertiary/aromatic N) is 1. The van der Waals surface area contributed by atoms with Crippen LogP contribution in [0.25, 0.3) is 0 Å². The van der Waals surface area contributed by atoms with E-state index in [4.69, 9.17) is 4.74 Å². The van der Waals surface area contributed by atoms with Gasteiger partial charge in [-0.3, -0.25) is 4.79 Å². The minimum Gasteiger partial charge on any atom is -0.447 e. The lowest BCUT2D eigenvalue weighted by molar-refractivity contribution is -0.142. The van der Waals surface area contributed by atoms with Crippen molar-refractivity contribution in [1.29, 1.82) is 0 Å². The van der Waals surface area contributed by atoms with Crippen LogP contribution in [0.2, 0.25) is 0 Å². The van der Waals surface area contributed by atoms with Gasteiger partial charge in [0, 0.05) is 19.0 Å². The number of hydrogen-bond donors (Lipinski definition) is 1. The molecule has 4 rings (SSSR count). The summed E-state index contributed by atoms with van der Waals surface area (Å²) >= 11 is 0. The summed E-state index contributed by atoms with van der Waals surface area (Å²) in [5.74, 6) is 0.324. The summed E-state index contributed by atoms with van der Waals surface area (Å²) in [5.41, 5.74) is 0.950. The van der Waals surface area contributed by atoms with Crippen LogP contribution in [-0.2, 0) is 16.0 Å². The summed E-state index contributed by atoms with van der Waals surface area (Å²) in [6.45, 7) is 1.64. The highest BCUT2D eigenvalue weighted by atomic mass is 19.4. The molecular formula is C20H23F3N2O3. The molecule has 3 aliphatic rings. The molecule has 8 heteroatoms. The Morgan fingerprint density at radius 2 is 1.82 bits per heavy atom. The third-order valence-corrected chi connectivity index (χ3v) is 6.13. The Labute approximate surface area is 161 Å². The number of nitrogens with one attached hydrogen (secondary N) is 1. The number of hydrogen-bond acceptors (Lipinski definition) is 3. The fourth-order valence-corrected chi connectivity index (χ4v) is 4.60. The van der Waals surface area contributed by atoms with Crippen LogP contribution >= 0.6 is 0 Å². The van der Waals surface area contributed by atoms with E-state index >= 15 is 0 Å². The molecule has 5 nitrogen and oxygen atoms in total. The number of ether oxygens (including phenoxy) is 1. The van der Waals surface area contributed by atoms with Crippen molar-refractivity contribution in [3.05, 3.63) is 35.4 Å². The molecule has 0 bridgehead atoms. The molecule has 1 saturated carbocycles. The first kappa shape index (κ1) is 19.1. The van der Waals surface area contributed by atoms with Gasteiger partial charge in [0.2, 0.25) is 5.91 Å². The smallest absolute Gasteiger partial charge is 0.407 e. The van der Waals surface area contributed by atoms with Crippen LogP contribution < -0.4 is 5.32 Å². The maximum atomic E-state index is 12.7. The SMILES string of the molecule is O=C1NC2(CO1)CC(C(=O)N1CCC(c3ccc(CC(F)(F)F)cc3)CC1)C2. The highest BCUT2D eigenvalue weighted by Crippen LogP contribution is 2.42. The summed E-state index contributed by atoms with van der Waals surface area (Å²) in [4.78, 5) is 25.8. The molecule has 0 atom stereocenters. The molecule has 2 saturated heterocycles. The van der Waals surface area contributed by atoms with E-state index in [1.165, 1.54) is 0 Å². The number of halogens is 3. The Balaban J connectivity index is 1.27. The van der Waals surface area contributed by atoms with Gasteiger partial charge in [-0.2, -0.15) is 13.2 Å². The van der Waals surface area contributed by atoms with Crippen molar-refractivity contribution in [3.8, 4) is 0 Å². The molecule has 0 unspecified atom stereocenters. The predicted octanol–water partition coefficient (Wildman–Crippen LogP) is 3.39. The largest absolute Gasteiger partial charge is 0.447 e. The van der Waals surface area contributed by atoms with Gasteiger partial charge in [-0.15, -0.1) is 0 Å². The molecule has 28 heavy (non-hydrogen) atoms. The summed E-state index contributed by atoms with van der Waals surface area (Å²) < 4.78 is 42.3. The molecule has 0 radical (unpaired) electrons. The van der Waals surface area contributed by atoms with E-state index in [1.54, 1.807) is 24.3 Å². The van der Waals surface area contributed by atoms with Crippen molar-refractivity contribution in [3.63, 3.8) is 0 Å². The van der Waals surface area contributed by atoms with Crippen molar-refractivity contribution >= 4 is 12.0 Å². The van der Waals surface area contributed by atoms with Crippen molar-refractivity contribution in [2.24, 2.45) is 5.92 Å². The van der Waals surface area contributed by atoms with Gasteiger partial charge < -0.3 is 15.0 Å². The standard InChI is InChI=1S/C20H23F3N2O3/c21-20(22,23)9-13-1-3-14(4-2-13)15-5-7-25(8-6-15)17(26)16-10-19(11-16)12-28-18(27)24-19/h1-4,15-16H,5-12H2,(H,24,27). The lowest BCUT2D eigenvalue weighted by Crippen LogP contribution is -2.58. The number of carbonyl (C=O) groups excluding carboxylic acids is 2. The maximum Gasteiger partial charge on any atom is 0.407 e. The first-order chi connectivity index (χ1) is 13.2. The molecular weight excluding hydrogens is 373 g/mol. The number of alkyl carbamates (subject to hydrolysis) is 1. The molecule has 0 aromatic heterocycles. The zero-order chi connectivity index (χ0) is 19.9. The van der Waals surface area contributed by atoms with Crippen LogP contribution in [0, 0.1) is 5.92 Å². The van der Waals surface area contributed by atoms with E-state index in [2.05, 4.69) is 5.32 Å². The third kappa shape index (κ3) is 3.95. The van der Waals surface area contributed by atoms with Gasteiger partial charge in [0.25, 0.3) is 0 Å². The van der Waals surface area contributed by atoms with Gasteiger partial charge in [0.05, 0.1) is 12.0 Å². The normalized spacial score (nSPS) is 28.0. The third-order valence-electron chi connectivity index (χ3n) is 6.13. The van der Waals surface area contributed by atoms with E-state index in [0.29, 0.717) is 32.5 Å². The molecule has 1 spiro atoms. The second-order valence-corrected chi connectivity index (χ2v) is 8.22. The summed E-state index contributed by atoms with van der Waals surface area (Å²) in [6, 6.07) is 6.65. The zero-order valence-electron chi connectivity index (χ0n) is 15.4. The van der Waals surface area contributed by atoms with E-state index in [1.807, 2.05) is 4.90 Å². The molecule has 152 valence electrons. The average molecular weight is 396 g/mol. The van der Waals surface area contributed by atoms with Crippen LogP contribution in [0.3, 0.4) is 0 Å². The number of cyclic esters (lactones) is 1. The molecule has 2 aliphatic heterocycles. The van der Waals surface area contributed by atoms with Crippen LogP contribution in [0.15, 0.2) is 24.3 Å². The summed E-state index contributed by atoms with van der Waals surface area (Å²) in [7, 11) is 0. The molecule has 1 aliphatic carbocycles. The topological polar surface area (TPSA) is 58.6 Å². The minimum atomic E-state index is -4.19. The Morgan fingerprint density at radius 3 is 2.36 bits per heavy atom. The Kier molecular flexibility index (Phi) is 4.75. The van der Waals surface area contributed by atoms with E-state index in [-0.39, 0.29) is 28.8 Å². The molecule has 3 fully saturated rings. The van der Waals surface area contributed by atoms with Crippen LogP contribution in [0.5, 0.6) is 0 Å². The predicted molar refractivity (Wildman–Crippen MR) is 94.7 cm³/mol. The molecule has 2 heterocycles. The van der Waals surface area contributed by atoms with E-state index < -0.39 is 18.7 Å². The lowest BCUT2D eigenvalue weighted by Gasteiger charge is -2.45. The van der Waals surface area contributed by atoms with Gasteiger partial charge >= 0.3 is 12.3 Å². The highest BCUT2D eigenvalue weighted by Gasteiger charge is 2.53. The van der Waals surface area contributed by atoms with Gasteiger partial charge in [0.15, 0.2) is 0 Å². The van der Waals surface area contributed by atoms with Crippen molar-refractivity contribution in [2.45, 2.75) is 49.7 Å². The number of amides is 2. The van der Waals surface area contributed by atoms with Gasteiger partial charge in [-0.05, 0) is 42.7 Å². The Morgan fingerprint density at radius 1 is 1.18 bits per heavy atom. The average Bonchev–Trinajstić information content (AvgIpc) is 3.02. The van der Waals surface area contributed by atoms with E-state index in [9.17, 15) is 22.8 Å². The number of piperidine rings is 1. The zero-order valence-corrected chi connectivity index (χ0v) is 15.4. The second-order valence-electron chi connectivity index (χ2n) is 8.22. The minimum absolute atomic E-state index is 0.0693. The van der Waals surface area contributed by atoms with Crippen LogP contribution in [0.1, 0.15) is 42.7 Å². The number of carbonyl (C=O) groups is 2. The first-order valence-corrected chi connectivity index (χ1v) is 9.62. The Hall–Kier alpha value is -2.25. The number of rotatable bonds is 3.